The molecular weight excluding hydrogens is 565 g/mol. The molecule has 44 heavy (non-hydrogen) atoms. The first kappa shape index (κ1) is 35.5. The molecule has 0 aromatic carbocycles. The highest BCUT2D eigenvalue weighted by Gasteiger charge is 2.51. The van der Waals surface area contributed by atoms with E-state index in [9.17, 15) is 14.3 Å². The van der Waals surface area contributed by atoms with Crippen molar-refractivity contribution in [2.75, 3.05) is 18.9 Å². The molecule has 1 aliphatic rings. The average molecular weight is 618 g/mol. The highest BCUT2D eigenvalue weighted by molar-refractivity contribution is 5.81. The SMILES string of the molecule is C#C[C@]1(CO)O[C@@H](n2cnc3c(N)nc(F)nc32)C[C@@H]1OC(=O)OCCCCCCCCCCCCCCCCCCCC. The minimum atomic E-state index is -1.61. The molecule has 10 nitrogen and oxygen atoms in total. The molecule has 0 spiro atoms. The molecule has 1 aliphatic heterocycles. The van der Waals surface area contributed by atoms with Crippen LogP contribution in [0, 0.1) is 18.4 Å². The van der Waals surface area contributed by atoms with E-state index in [1.54, 1.807) is 0 Å². The monoisotopic (exact) mass is 617 g/mol. The third-order valence-electron chi connectivity index (χ3n) is 8.45. The van der Waals surface area contributed by atoms with Gasteiger partial charge in [0.15, 0.2) is 28.7 Å². The third kappa shape index (κ3) is 10.9. The van der Waals surface area contributed by atoms with Crippen LogP contribution in [0.15, 0.2) is 6.33 Å². The van der Waals surface area contributed by atoms with Gasteiger partial charge >= 0.3 is 12.2 Å². The van der Waals surface area contributed by atoms with Crippen LogP contribution in [0.1, 0.15) is 135 Å². The van der Waals surface area contributed by atoms with Gasteiger partial charge in [0.1, 0.15) is 6.23 Å². The molecule has 1 saturated heterocycles. The predicted molar refractivity (Wildman–Crippen MR) is 168 cm³/mol. The summed E-state index contributed by atoms with van der Waals surface area (Å²) in [5, 5.41) is 10.0. The van der Waals surface area contributed by atoms with Crippen molar-refractivity contribution in [3.05, 3.63) is 12.4 Å². The molecule has 246 valence electrons. The van der Waals surface area contributed by atoms with Gasteiger partial charge in [-0.2, -0.15) is 14.4 Å². The van der Waals surface area contributed by atoms with E-state index in [0.717, 1.165) is 19.3 Å². The van der Waals surface area contributed by atoms with Crippen molar-refractivity contribution in [3.63, 3.8) is 0 Å². The van der Waals surface area contributed by atoms with E-state index >= 15 is 0 Å². The van der Waals surface area contributed by atoms with Crippen LogP contribution in [0.4, 0.5) is 15.0 Å². The first-order valence-corrected chi connectivity index (χ1v) is 16.7. The van der Waals surface area contributed by atoms with E-state index < -0.39 is 36.8 Å². The molecule has 0 unspecified atom stereocenters. The number of carbonyl (C=O) groups is 1. The van der Waals surface area contributed by atoms with Crippen LogP contribution in [-0.4, -0.2) is 55.7 Å². The Balaban J connectivity index is 1.24. The van der Waals surface area contributed by atoms with Gasteiger partial charge in [0, 0.05) is 6.42 Å². The first-order valence-electron chi connectivity index (χ1n) is 16.7. The zero-order valence-electron chi connectivity index (χ0n) is 26.5. The van der Waals surface area contributed by atoms with Gasteiger partial charge in [-0.25, -0.2) is 9.78 Å². The number of hydrogen-bond donors (Lipinski definition) is 2. The van der Waals surface area contributed by atoms with Crippen molar-refractivity contribution >= 4 is 23.1 Å². The zero-order chi connectivity index (χ0) is 31.6. The molecule has 3 heterocycles. The Bertz CT molecular complexity index is 1170. The fourth-order valence-electron chi connectivity index (χ4n) is 5.80. The Labute approximate surface area is 261 Å². The fraction of sp³-hybridized carbons (Fsp3) is 0.758. The Morgan fingerprint density at radius 1 is 1.02 bits per heavy atom. The number of terminal acetylenes is 1. The molecule has 3 rings (SSSR count). The van der Waals surface area contributed by atoms with Gasteiger partial charge in [0.05, 0.1) is 19.5 Å². The van der Waals surface area contributed by atoms with Gasteiger partial charge in [-0.3, -0.25) is 4.57 Å². The van der Waals surface area contributed by atoms with Crippen LogP contribution in [-0.2, 0) is 14.2 Å². The zero-order valence-corrected chi connectivity index (χ0v) is 26.5. The molecule has 3 atom stereocenters. The summed E-state index contributed by atoms with van der Waals surface area (Å²) in [5.41, 5.74) is 4.43. The van der Waals surface area contributed by atoms with Crippen molar-refractivity contribution in [2.24, 2.45) is 0 Å². The third-order valence-corrected chi connectivity index (χ3v) is 8.45. The van der Waals surface area contributed by atoms with Crippen LogP contribution >= 0.6 is 0 Å². The quantitative estimate of drug-likeness (QED) is 0.0600. The van der Waals surface area contributed by atoms with Crippen molar-refractivity contribution in [1.29, 1.82) is 0 Å². The first-order chi connectivity index (χ1) is 21.4. The van der Waals surface area contributed by atoms with E-state index in [1.165, 1.54) is 107 Å². The lowest BCUT2D eigenvalue weighted by atomic mass is 9.99. The standard InChI is InChI=1S/C33H52FN5O5/c1-3-5-6-7-8-9-10-11-12-13-14-15-16-17-18-19-20-21-22-42-32(41)43-26-23-27(44-33(26,4-2)24-40)39-25-36-28-29(35)37-31(34)38-30(28)39/h2,25-27,40H,3,5-24H2,1H3,(H2,35,37,38)/t26-,27+,33+/m0/s1. The number of nitrogens with zero attached hydrogens (tertiary/aromatic N) is 4. The smallest absolute Gasteiger partial charge is 0.434 e. The van der Waals surface area contributed by atoms with Gasteiger partial charge in [0.2, 0.25) is 0 Å². The van der Waals surface area contributed by atoms with Crippen LogP contribution in [0.3, 0.4) is 0 Å². The van der Waals surface area contributed by atoms with Crippen LogP contribution in [0.5, 0.6) is 0 Å². The number of nitrogens with two attached hydrogens (primary N) is 1. The van der Waals surface area contributed by atoms with E-state index in [4.69, 9.17) is 26.4 Å². The van der Waals surface area contributed by atoms with Crippen molar-refractivity contribution < 1.29 is 28.5 Å². The lowest BCUT2D eigenvalue weighted by Crippen LogP contribution is -2.44. The fourth-order valence-corrected chi connectivity index (χ4v) is 5.80. The number of imidazole rings is 1. The molecule has 2 aromatic heterocycles. The number of hydrogen-bond acceptors (Lipinski definition) is 9. The average Bonchev–Trinajstić information content (AvgIpc) is 3.60. The van der Waals surface area contributed by atoms with Gasteiger partial charge in [-0.15, -0.1) is 6.42 Å². The number of rotatable bonds is 22. The molecule has 3 N–H and O–H groups in total. The second kappa shape index (κ2) is 19.4. The highest BCUT2D eigenvalue weighted by atomic mass is 19.1. The number of aliphatic hydroxyl groups is 1. The Morgan fingerprint density at radius 3 is 2.09 bits per heavy atom. The normalized spacial score (nSPS) is 19.8. The van der Waals surface area contributed by atoms with E-state index in [-0.39, 0.29) is 30.0 Å². The summed E-state index contributed by atoms with van der Waals surface area (Å²) in [6.45, 7) is 1.90. The molecule has 1 fully saturated rings. The highest BCUT2D eigenvalue weighted by Crippen LogP contribution is 2.39. The van der Waals surface area contributed by atoms with E-state index in [2.05, 4.69) is 27.8 Å². The van der Waals surface area contributed by atoms with E-state index in [0.29, 0.717) is 0 Å². The Hall–Kier alpha value is -2.97. The number of ether oxygens (including phenoxy) is 3. The van der Waals surface area contributed by atoms with Gasteiger partial charge in [-0.05, 0) is 6.42 Å². The summed E-state index contributed by atoms with van der Waals surface area (Å²) in [6.07, 6.45) is 26.4. The molecule has 11 heteroatoms. The number of nitrogen functional groups attached to an aromatic ring is 1. The molecule has 0 amide bonds. The number of halogens is 1. The number of aromatic nitrogens is 4. The molecule has 0 bridgehead atoms. The maximum Gasteiger partial charge on any atom is 0.508 e. The number of anilines is 1. The molecule has 2 aromatic rings. The number of fused-ring (bicyclic) bond motifs is 1. The van der Waals surface area contributed by atoms with Crippen molar-refractivity contribution in [2.45, 2.75) is 147 Å². The number of unbranched alkanes of at least 4 members (excludes halogenated alkanes) is 17. The van der Waals surface area contributed by atoms with E-state index in [1.807, 2.05) is 0 Å². The topological polar surface area (TPSA) is 135 Å². The minimum absolute atomic E-state index is 0.0655. The summed E-state index contributed by atoms with van der Waals surface area (Å²) >= 11 is 0. The summed E-state index contributed by atoms with van der Waals surface area (Å²) in [4.78, 5) is 23.8. The summed E-state index contributed by atoms with van der Waals surface area (Å²) < 4.78 is 31.9. The maximum absolute atomic E-state index is 13.8. The predicted octanol–water partition coefficient (Wildman–Crippen LogP) is 7.39. The van der Waals surface area contributed by atoms with Crippen LogP contribution in [0.2, 0.25) is 0 Å². The summed E-state index contributed by atoms with van der Waals surface area (Å²) in [6, 6.07) is 0. The van der Waals surface area contributed by atoms with Crippen LogP contribution in [0.25, 0.3) is 11.2 Å². The molecular formula is C33H52FN5O5. The van der Waals surface area contributed by atoms with Crippen molar-refractivity contribution in [3.8, 4) is 12.3 Å². The molecule has 0 aliphatic carbocycles. The van der Waals surface area contributed by atoms with Crippen molar-refractivity contribution in [1.82, 2.24) is 19.5 Å². The van der Waals surface area contributed by atoms with Crippen LogP contribution < -0.4 is 5.73 Å². The molecule has 0 saturated carbocycles. The maximum atomic E-state index is 13.8. The minimum Gasteiger partial charge on any atom is -0.434 e. The lowest BCUT2D eigenvalue weighted by molar-refractivity contribution is -0.0976. The largest absolute Gasteiger partial charge is 0.508 e. The molecule has 0 radical (unpaired) electrons. The second-order valence-corrected chi connectivity index (χ2v) is 11.9. The lowest BCUT2D eigenvalue weighted by Gasteiger charge is -2.26. The number of carbonyl (C=O) groups excluding carboxylic acids is 1. The Morgan fingerprint density at radius 2 is 1.57 bits per heavy atom. The van der Waals surface area contributed by atoms with Gasteiger partial charge < -0.3 is 25.1 Å². The Kier molecular flexibility index (Phi) is 15.7. The summed E-state index contributed by atoms with van der Waals surface area (Å²) in [5.74, 6) is 2.28. The van der Waals surface area contributed by atoms with Gasteiger partial charge in [0.25, 0.3) is 0 Å². The second-order valence-electron chi connectivity index (χ2n) is 11.9. The number of aliphatic hydroxyl groups excluding tert-OH is 1. The van der Waals surface area contributed by atoms with Gasteiger partial charge in [-0.1, -0.05) is 122 Å². The summed E-state index contributed by atoms with van der Waals surface area (Å²) in [7, 11) is 0.